The highest BCUT2D eigenvalue weighted by atomic mass is 35.5. The number of hydrogen-bond acceptors (Lipinski definition) is 4. The summed E-state index contributed by atoms with van der Waals surface area (Å²) in [5.41, 5.74) is 3.42. The molecule has 2 aromatic rings. The second-order valence-electron chi connectivity index (χ2n) is 7.20. The van der Waals surface area contributed by atoms with Crippen LogP contribution in [-0.4, -0.2) is 44.9 Å². The van der Waals surface area contributed by atoms with E-state index in [1.165, 1.54) is 28.1 Å². The number of amides is 1. The van der Waals surface area contributed by atoms with E-state index >= 15 is 0 Å². The summed E-state index contributed by atoms with van der Waals surface area (Å²) in [7, 11) is -3.71. The van der Waals surface area contributed by atoms with E-state index in [0.29, 0.717) is 13.2 Å². The summed E-state index contributed by atoms with van der Waals surface area (Å²) in [4.78, 5) is 12.9. The van der Waals surface area contributed by atoms with Gasteiger partial charge in [-0.2, -0.15) is 4.31 Å². The SMILES string of the molecule is Cc1ccc(C(C)NC(=O)c2cc(S(=O)(=O)N3CCOCC3)ccc2Cl)cc1C. The third kappa shape index (κ3) is 4.80. The van der Waals surface area contributed by atoms with Gasteiger partial charge < -0.3 is 10.1 Å². The number of carbonyl (C=O) groups is 1. The number of nitrogens with one attached hydrogen (secondary N) is 1. The zero-order valence-corrected chi connectivity index (χ0v) is 18.3. The molecule has 2 aromatic carbocycles. The number of sulfonamides is 1. The van der Waals surface area contributed by atoms with Crippen molar-refractivity contribution in [3.8, 4) is 0 Å². The van der Waals surface area contributed by atoms with Crippen LogP contribution in [0.25, 0.3) is 0 Å². The number of rotatable bonds is 5. The van der Waals surface area contributed by atoms with Crippen LogP contribution in [0.5, 0.6) is 0 Å². The van der Waals surface area contributed by atoms with Gasteiger partial charge >= 0.3 is 0 Å². The molecule has 1 aliphatic rings. The molecule has 0 saturated carbocycles. The Morgan fingerprint density at radius 1 is 1.10 bits per heavy atom. The fourth-order valence-corrected chi connectivity index (χ4v) is 4.80. The van der Waals surface area contributed by atoms with Crippen LogP contribution in [0, 0.1) is 13.8 Å². The van der Waals surface area contributed by atoms with Crippen molar-refractivity contribution in [3.63, 3.8) is 0 Å². The largest absolute Gasteiger partial charge is 0.379 e. The Labute approximate surface area is 176 Å². The zero-order valence-electron chi connectivity index (χ0n) is 16.7. The molecule has 1 amide bonds. The van der Waals surface area contributed by atoms with Crippen molar-refractivity contribution in [2.24, 2.45) is 0 Å². The van der Waals surface area contributed by atoms with Crippen molar-refractivity contribution in [3.05, 3.63) is 63.7 Å². The number of hydrogen-bond donors (Lipinski definition) is 1. The lowest BCUT2D eigenvalue weighted by Crippen LogP contribution is -2.40. The first-order valence-corrected chi connectivity index (χ1v) is 11.3. The number of halogens is 1. The van der Waals surface area contributed by atoms with Gasteiger partial charge in [-0.3, -0.25) is 4.79 Å². The molecule has 8 heteroatoms. The molecule has 1 unspecified atom stereocenters. The first-order valence-electron chi connectivity index (χ1n) is 9.45. The summed E-state index contributed by atoms with van der Waals surface area (Å²) in [5, 5.41) is 3.11. The van der Waals surface area contributed by atoms with Gasteiger partial charge in [-0.05, 0) is 55.7 Å². The van der Waals surface area contributed by atoms with Crippen LogP contribution in [0.2, 0.25) is 5.02 Å². The number of aryl methyl sites for hydroxylation is 2. The van der Waals surface area contributed by atoms with Gasteiger partial charge in [-0.25, -0.2) is 8.42 Å². The topological polar surface area (TPSA) is 75.7 Å². The standard InChI is InChI=1S/C21H25ClN2O4S/c1-14-4-5-17(12-15(14)2)16(3)23-21(25)19-13-18(6-7-20(19)22)29(26,27)24-8-10-28-11-9-24/h4-7,12-13,16H,8-11H2,1-3H3,(H,23,25). The van der Waals surface area contributed by atoms with Crippen molar-refractivity contribution < 1.29 is 17.9 Å². The smallest absolute Gasteiger partial charge is 0.253 e. The van der Waals surface area contributed by atoms with Crippen molar-refractivity contribution in [2.75, 3.05) is 26.3 Å². The van der Waals surface area contributed by atoms with Gasteiger partial charge in [0.15, 0.2) is 0 Å². The zero-order chi connectivity index (χ0) is 21.2. The first-order chi connectivity index (χ1) is 13.7. The third-order valence-corrected chi connectivity index (χ3v) is 7.39. The molecule has 0 aliphatic carbocycles. The van der Waals surface area contributed by atoms with Crippen LogP contribution in [0.3, 0.4) is 0 Å². The van der Waals surface area contributed by atoms with Crippen molar-refractivity contribution >= 4 is 27.5 Å². The first kappa shape index (κ1) is 21.8. The van der Waals surface area contributed by atoms with Gasteiger partial charge in [0.25, 0.3) is 5.91 Å². The quantitative estimate of drug-likeness (QED) is 0.778. The molecule has 1 heterocycles. The fourth-order valence-electron chi connectivity index (χ4n) is 3.17. The van der Waals surface area contributed by atoms with Crippen molar-refractivity contribution in [2.45, 2.75) is 31.7 Å². The van der Waals surface area contributed by atoms with Gasteiger partial charge in [0.2, 0.25) is 10.0 Å². The minimum atomic E-state index is -3.71. The predicted molar refractivity (Wildman–Crippen MR) is 113 cm³/mol. The van der Waals surface area contributed by atoms with E-state index in [2.05, 4.69) is 5.32 Å². The lowest BCUT2D eigenvalue weighted by molar-refractivity contribution is 0.0730. The summed E-state index contributed by atoms with van der Waals surface area (Å²) < 4.78 is 32.3. The lowest BCUT2D eigenvalue weighted by atomic mass is 10.0. The monoisotopic (exact) mass is 436 g/mol. The highest BCUT2D eigenvalue weighted by Gasteiger charge is 2.28. The van der Waals surface area contributed by atoms with E-state index in [-0.39, 0.29) is 34.6 Å². The minimum absolute atomic E-state index is 0.0489. The molecule has 1 aliphatic heterocycles. The maximum atomic E-state index is 12.9. The van der Waals surface area contributed by atoms with E-state index in [0.717, 1.165) is 11.1 Å². The molecule has 29 heavy (non-hydrogen) atoms. The number of benzene rings is 2. The molecule has 1 fully saturated rings. The Balaban J connectivity index is 1.83. The van der Waals surface area contributed by atoms with E-state index in [1.54, 1.807) is 0 Å². The van der Waals surface area contributed by atoms with Gasteiger partial charge in [-0.1, -0.05) is 29.8 Å². The molecule has 0 bridgehead atoms. The molecule has 0 radical (unpaired) electrons. The van der Waals surface area contributed by atoms with Crippen LogP contribution in [0.4, 0.5) is 0 Å². The molecule has 1 atom stereocenters. The molecule has 0 spiro atoms. The molecule has 156 valence electrons. The Morgan fingerprint density at radius 3 is 2.45 bits per heavy atom. The Kier molecular flexibility index (Phi) is 6.63. The normalized spacial score (nSPS) is 16.4. The Bertz CT molecular complexity index is 1020. The highest BCUT2D eigenvalue weighted by Crippen LogP contribution is 2.25. The fraction of sp³-hybridized carbons (Fsp3) is 0.381. The van der Waals surface area contributed by atoms with Gasteiger partial charge in [-0.15, -0.1) is 0 Å². The Morgan fingerprint density at radius 2 is 1.79 bits per heavy atom. The summed E-state index contributed by atoms with van der Waals surface area (Å²) in [5.74, 6) is -0.417. The van der Waals surface area contributed by atoms with Crippen LogP contribution in [0.15, 0.2) is 41.3 Å². The second-order valence-corrected chi connectivity index (χ2v) is 9.54. The van der Waals surface area contributed by atoms with Crippen LogP contribution < -0.4 is 5.32 Å². The number of carbonyl (C=O) groups excluding carboxylic acids is 1. The summed E-state index contributed by atoms with van der Waals surface area (Å²) >= 11 is 6.21. The molecule has 1 saturated heterocycles. The molecule has 0 aromatic heterocycles. The van der Waals surface area contributed by atoms with E-state index < -0.39 is 15.9 Å². The lowest BCUT2D eigenvalue weighted by Gasteiger charge is -2.26. The number of ether oxygens (including phenoxy) is 1. The summed E-state index contributed by atoms with van der Waals surface area (Å²) in [6.45, 7) is 7.21. The van der Waals surface area contributed by atoms with E-state index in [4.69, 9.17) is 16.3 Å². The third-order valence-electron chi connectivity index (χ3n) is 5.17. The summed E-state index contributed by atoms with van der Waals surface area (Å²) in [6.07, 6.45) is 0. The highest BCUT2D eigenvalue weighted by molar-refractivity contribution is 7.89. The van der Waals surface area contributed by atoms with Crippen LogP contribution in [0.1, 0.15) is 40.0 Å². The Hall–Kier alpha value is -1.93. The maximum absolute atomic E-state index is 12.9. The average molecular weight is 437 g/mol. The minimum Gasteiger partial charge on any atom is -0.379 e. The van der Waals surface area contributed by atoms with Crippen molar-refractivity contribution in [1.29, 1.82) is 0 Å². The molecule has 6 nitrogen and oxygen atoms in total. The summed E-state index contributed by atoms with van der Waals surface area (Å²) in [6, 6.07) is 9.97. The number of morpholine rings is 1. The maximum Gasteiger partial charge on any atom is 0.253 e. The van der Waals surface area contributed by atoms with Crippen LogP contribution >= 0.6 is 11.6 Å². The van der Waals surface area contributed by atoms with E-state index in [1.807, 2.05) is 39.0 Å². The average Bonchev–Trinajstić information content (AvgIpc) is 2.70. The van der Waals surface area contributed by atoms with E-state index in [9.17, 15) is 13.2 Å². The van der Waals surface area contributed by atoms with Gasteiger partial charge in [0, 0.05) is 13.1 Å². The molecular weight excluding hydrogens is 412 g/mol. The molecule has 1 N–H and O–H groups in total. The van der Waals surface area contributed by atoms with Crippen LogP contribution in [-0.2, 0) is 14.8 Å². The molecule has 3 rings (SSSR count). The van der Waals surface area contributed by atoms with Gasteiger partial charge in [0.1, 0.15) is 0 Å². The second kappa shape index (κ2) is 8.83. The van der Waals surface area contributed by atoms with Crippen molar-refractivity contribution in [1.82, 2.24) is 9.62 Å². The molecular formula is C21H25ClN2O4S. The van der Waals surface area contributed by atoms with Gasteiger partial charge in [0.05, 0.1) is 34.7 Å². The predicted octanol–water partition coefficient (Wildman–Crippen LogP) is 3.47. The number of nitrogens with zero attached hydrogens (tertiary/aromatic N) is 1.